The summed E-state index contributed by atoms with van der Waals surface area (Å²) in [6, 6.07) is 0.877. The fraction of sp³-hybridized carbons (Fsp3) is 0.643. The highest BCUT2D eigenvalue weighted by atomic mass is 19.1. The van der Waals surface area contributed by atoms with E-state index in [4.69, 9.17) is 0 Å². The maximum atomic E-state index is 13.6. The Bertz CT molecular complexity index is 478. The molecule has 0 radical (unpaired) electrons. The SMILES string of the molecule is CNc1nc(NCC2CC3CCC2C3)c(F)cc1F. The molecule has 3 unspecified atom stereocenters. The summed E-state index contributed by atoms with van der Waals surface area (Å²) in [5, 5.41) is 5.67. The van der Waals surface area contributed by atoms with Crippen LogP contribution in [0.25, 0.3) is 0 Å². The number of fused-ring (bicyclic) bond motifs is 2. The molecule has 3 nitrogen and oxygen atoms in total. The monoisotopic (exact) mass is 267 g/mol. The van der Waals surface area contributed by atoms with Crippen LogP contribution in [0.1, 0.15) is 25.7 Å². The molecule has 3 atom stereocenters. The van der Waals surface area contributed by atoms with Crippen LogP contribution in [0.2, 0.25) is 0 Å². The van der Waals surface area contributed by atoms with Crippen molar-refractivity contribution in [2.24, 2.45) is 17.8 Å². The minimum Gasteiger partial charge on any atom is -0.371 e. The minimum absolute atomic E-state index is 0.0804. The van der Waals surface area contributed by atoms with Crippen molar-refractivity contribution in [1.82, 2.24) is 4.98 Å². The summed E-state index contributed by atoms with van der Waals surface area (Å²) in [5.41, 5.74) is 0. The first-order chi connectivity index (χ1) is 9.17. The fourth-order valence-electron chi connectivity index (χ4n) is 3.62. The van der Waals surface area contributed by atoms with Crippen molar-refractivity contribution < 1.29 is 8.78 Å². The Hall–Kier alpha value is -1.39. The Kier molecular flexibility index (Phi) is 3.29. The summed E-state index contributed by atoms with van der Waals surface area (Å²) in [7, 11) is 1.57. The lowest BCUT2D eigenvalue weighted by Crippen LogP contribution is -2.21. The zero-order valence-electron chi connectivity index (χ0n) is 11.0. The van der Waals surface area contributed by atoms with Gasteiger partial charge in [-0.1, -0.05) is 6.42 Å². The number of anilines is 2. The summed E-state index contributed by atoms with van der Waals surface area (Å²) in [5.74, 6) is 1.21. The van der Waals surface area contributed by atoms with Gasteiger partial charge in [-0.15, -0.1) is 0 Å². The Labute approximate surface area is 111 Å². The normalized spacial score (nSPS) is 28.7. The molecule has 5 heteroatoms. The van der Waals surface area contributed by atoms with E-state index in [0.29, 0.717) is 5.92 Å². The number of nitrogens with one attached hydrogen (secondary N) is 2. The van der Waals surface area contributed by atoms with E-state index in [1.54, 1.807) is 7.05 Å². The molecule has 0 aromatic carbocycles. The third kappa shape index (κ3) is 2.38. The van der Waals surface area contributed by atoms with Crippen LogP contribution in [-0.2, 0) is 0 Å². The quantitative estimate of drug-likeness (QED) is 0.879. The fourth-order valence-corrected chi connectivity index (χ4v) is 3.62. The number of aromatic nitrogens is 1. The number of hydrogen-bond acceptors (Lipinski definition) is 3. The van der Waals surface area contributed by atoms with Crippen LogP contribution in [0.4, 0.5) is 20.4 Å². The first kappa shape index (κ1) is 12.6. The lowest BCUT2D eigenvalue weighted by molar-refractivity contribution is 0.348. The van der Waals surface area contributed by atoms with Crippen molar-refractivity contribution in [2.75, 3.05) is 24.2 Å². The van der Waals surface area contributed by atoms with Crippen LogP contribution in [-0.4, -0.2) is 18.6 Å². The summed E-state index contributed by atoms with van der Waals surface area (Å²) < 4.78 is 26.9. The van der Waals surface area contributed by atoms with Gasteiger partial charge in [0.2, 0.25) is 0 Å². The molecule has 3 rings (SSSR count). The highest BCUT2D eigenvalue weighted by molar-refractivity contribution is 5.47. The standard InChI is InChI=1S/C14H19F2N3/c1-17-13-11(15)6-12(16)14(19-13)18-7-10-5-8-2-3-9(10)4-8/h6,8-10H,2-5,7H2,1H3,(H2,17,18,19). The Balaban J connectivity index is 1.66. The van der Waals surface area contributed by atoms with Crippen molar-refractivity contribution >= 4 is 11.6 Å². The van der Waals surface area contributed by atoms with E-state index in [-0.39, 0.29) is 11.6 Å². The van der Waals surface area contributed by atoms with E-state index in [2.05, 4.69) is 15.6 Å². The van der Waals surface area contributed by atoms with E-state index >= 15 is 0 Å². The molecular formula is C14H19F2N3. The molecule has 0 aliphatic heterocycles. The van der Waals surface area contributed by atoms with Gasteiger partial charge in [0.25, 0.3) is 0 Å². The van der Waals surface area contributed by atoms with Gasteiger partial charge in [-0.2, -0.15) is 0 Å². The van der Waals surface area contributed by atoms with Crippen molar-refractivity contribution in [2.45, 2.75) is 25.7 Å². The van der Waals surface area contributed by atoms with Gasteiger partial charge in [-0.05, 0) is 37.0 Å². The molecule has 1 aromatic rings. The maximum Gasteiger partial charge on any atom is 0.168 e. The highest BCUT2D eigenvalue weighted by Crippen LogP contribution is 2.48. The average molecular weight is 267 g/mol. The minimum atomic E-state index is -0.662. The first-order valence-corrected chi connectivity index (χ1v) is 6.95. The Morgan fingerprint density at radius 2 is 2.00 bits per heavy atom. The average Bonchev–Trinajstić information content (AvgIpc) is 3.00. The zero-order chi connectivity index (χ0) is 13.4. The van der Waals surface area contributed by atoms with Gasteiger partial charge >= 0.3 is 0 Å². The second-order valence-corrected chi connectivity index (χ2v) is 5.72. The highest BCUT2D eigenvalue weighted by Gasteiger charge is 2.39. The molecule has 104 valence electrons. The molecule has 0 spiro atoms. The van der Waals surface area contributed by atoms with Crippen molar-refractivity contribution in [1.29, 1.82) is 0 Å². The lowest BCUT2D eigenvalue weighted by Gasteiger charge is -2.22. The third-order valence-corrected chi connectivity index (χ3v) is 4.58. The van der Waals surface area contributed by atoms with Crippen molar-refractivity contribution in [3.63, 3.8) is 0 Å². The lowest BCUT2D eigenvalue weighted by atomic mass is 9.89. The van der Waals surface area contributed by atoms with Crippen molar-refractivity contribution in [3.05, 3.63) is 17.7 Å². The Morgan fingerprint density at radius 1 is 1.21 bits per heavy atom. The number of halogens is 2. The summed E-state index contributed by atoms with van der Waals surface area (Å²) in [6.07, 6.45) is 5.22. The van der Waals surface area contributed by atoms with Crippen LogP contribution in [0.15, 0.2) is 6.07 Å². The van der Waals surface area contributed by atoms with Gasteiger partial charge in [-0.25, -0.2) is 13.8 Å². The van der Waals surface area contributed by atoms with Gasteiger partial charge in [0.1, 0.15) is 0 Å². The van der Waals surface area contributed by atoms with E-state index in [1.165, 1.54) is 25.7 Å². The Morgan fingerprint density at radius 3 is 2.63 bits per heavy atom. The molecule has 0 amide bonds. The van der Waals surface area contributed by atoms with Gasteiger partial charge in [-0.3, -0.25) is 0 Å². The summed E-state index contributed by atoms with van der Waals surface area (Å²) in [6.45, 7) is 0.736. The van der Waals surface area contributed by atoms with Crippen LogP contribution in [0.3, 0.4) is 0 Å². The van der Waals surface area contributed by atoms with Crippen LogP contribution in [0, 0.1) is 29.4 Å². The summed E-state index contributed by atoms with van der Waals surface area (Å²) >= 11 is 0. The van der Waals surface area contributed by atoms with Gasteiger partial charge in [0.05, 0.1) is 0 Å². The van der Waals surface area contributed by atoms with E-state index in [1.807, 2.05) is 0 Å². The van der Waals surface area contributed by atoms with Crippen molar-refractivity contribution in [3.8, 4) is 0 Å². The molecule has 0 saturated heterocycles. The smallest absolute Gasteiger partial charge is 0.168 e. The molecule has 19 heavy (non-hydrogen) atoms. The predicted octanol–water partition coefficient (Wildman–Crippen LogP) is 3.25. The number of pyridine rings is 1. The third-order valence-electron chi connectivity index (χ3n) is 4.58. The molecule has 2 bridgehead atoms. The molecule has 2 N–H and O–H groups in total. The molecule has 2 fully saturated rings. The van der Waals surface area contributed by atoms with E-state index in [0.717, 1.165) is 24.4 Å². The molecule has 2 aliphatic rings. The molecular weight excluding hydrogens is 248 g/mol. The van der Waals surface area contributed by atoms with Crippen LogP contribution < -0.4 is 10.6 Å². The van der Waals surface area contributed by atoms with Crippen LogP contribution >= 0.6 is 0 Å². The zero-order valence-corrected chi connectivity index (χ0v) is 11.0. The number of hydrogen-bond donors (Lipinski definition) is 2. The molecule has 1 aromatic heterocycles. The predicted molar refractivity (Wildman–Crippen MR) is 71.1 cm³/mol. The first-order valence-electron chi connectivity index (χ1n) is 6.95. The number of rotatable bonds is 4. The van der Waals surface area contributed by atoms with E-state index < -0.39 is 11.6 Å². The van der Waals surface area contributed by atoms with Gasteiger partial charge in [0, 0.05) is 19.7 Å². The summed E-state index contributed by atoms with van der Waals surface area (Å²) in [4.78, 5) is 3.94. The van der Waals surface area contributed by atoms with Crippen LogP contribution in [0.5, 0.6) is 0 Å². The topological polar surface area (TPSA) is 37.0 Å². The second-order valence-electron chi connectivity index (χ2n) is 5.72. The second kappa shape index (κ2) is 4.94. The molecule has 2 aliphatic carbocycles. The van der Waals surface area contributed by atoms with E-state index in [9.17, 15) is 8.78 Å². The molecule has 1 heterocycles. The maximum absolute atomic E-state index is 13.6. The largest absolute Gasteiger partial charge is 0.371 e. The number of nitrogens with zero attached hydrogens (tertiary/aromatic N) is 1. The molecule has 2 saturated carbocycles. The van der Waals surface area contributed by atoms with Gasteiger partial charge in [0.15, 0.2) is 23.3 Å². The van der Waals surface area contributed by atoms with Gasteiger partial charge < -0.3 is 10.6 Å².